The highest BCUT2D eigenvalue weighted by atomic mass is 19.1. The Balaban J connectivity index is 2.19. The summed E-state index contributed by atoms with van der Waals surface area (Å²) in [5.41, 5.74) is 0.460. The summed E-state index contributed by atoms with van der Waals surface area (Å²) in [6.07, 6.45) is -0.707. The first-order valence-corrected chi connectivity index (χ1v) is 5.92. The predicted molar refractivity (Wildman–Crippen MR) is 67.8 cm³/mol. The van der Waals surface area contributed by atoms with Crippen LogP contribution in [0.3, 0.4) is 0 Å². The zero-order chi connectivity index (χ0) is 13.8. The Hall–Kier alpha value is -1.94. The highest BCUT2D eigenvalue weighted by Crippen LogP contribution is 2.26. The lowest BCUT2D eigenvalue weighted by molar-refractivity contribution is 0.189. The van der Waals surface area contributed by atoms with Crippen molar-refractivity contribution in [3.05, 3.63) is 65.2 Å². The number of hydrogen-bond donors (Lipinski definition) is 1. The van der Waals surface area contributed by atoms with Crippen molar-refractivity contribution in [1.82, 2.24) is 0 Å². The number of ether oxygens (including phenoxy) is 1. The molecule has 0 spiro atoms. The van der Waals surface area contributed by atoms with E-state index in [2.05, 4.69) is 0 Å². The van der Waals surface area contributed by atoms with E-state index >= 15 is 0 Å². The van der Waals surface area contributed by atoms with Crippen LogP contribution in [0.4, 0.5) is 8.78 Å². The molecule has 0 aliphatic carbocycles. The summed E-state index contributed by atoms with van der Waals surface area (Å²) in [6, 6.07) is 10.5. The highest BCUT2D eigenvalue weighted by molar-refractivity contribution is 5.35. The summed E-state index contributed by atoms with van der Waals surface area (Å²) in [6.45, 7) is 1.38. The lowest BCUT2D eigenvalue weighted by Crippen LogP contribution is -2.04. The lowest BCUT2D eigenvalue weighted by Gasteiger charge is -2.13. The third kappa shape index (κ3) is 3.09. The summed E-state index contributed by atoms with van der Waals surface area (Å²) in [5.74, 6) is -0.871. The number of hydrogen-bond acceptors (Lipinski definition) is 2. The second-order valence-corrected chi connectivity index (χ2v) is 4.20. The third-order valence-electron chi connectivity index (χ3n) is 2.80. The maximum absolute atomic E-state index is 13.4. The molecule has 0 saturated heterocycles. The minimum atomic E-state index is -0.707. The van der Waals surface area contributed by atoms with Gasteiger partial charge in [0.15, 0.2) is 0 Å². The Morgan fingerprint density at radius 1 is 1.05 bits per heavy atom. The van der Waals surface area contributed by atoms with Crippen LogP contribution in [0.15, 0.2) is 42.5 Å². The molecular weight excluding hydrogens is 250 g/mol. The number of aliphatic hydroxyl groups is 1. The van der Waals surface area contributed by atoms with Crippen LogP contribution in [0, 0.1) is 11.6 Å². The van der Waals surface area contributed by atoms with Crippen molar-refractivity contribution in [2.45, 2.75) is 19.6 Å². The van der Waals surface area contributed by atoms with E-state index < -0.39 is 17.7 Å². The quantitative estimate of drug-likeness (QED) is 0.914. The van der Waals surface area contributed by atoms with Crippen molar-refractivity contribution in [2.24, 2.45) is 0 Å². The largest absolute Gasteiger partial charge is 0.488 e. The topological polar surface area (TPSA) is 29.5 Å². The summed E-state index contributed by atoms with van der Waals surface area (Å²) in [7, 11) is 0. The van der Waals surface area contributed by atoms with E-state index in [0.29, 0.717) is 11.3 Å². The van der Waals surface area contributed by atoms with Gasteiger partial charge in [-0.2, -0.15) is 0 Å². The molecule has 1 atom stereocenters. The van der Waals surface area contributed by atoms with Gasteiger partial charge in [-0.05, 0) is 25.1 Å². The van der Waals surface area contributed by atoms with Crippen LogP contribution in [0.5, 0.6) is 5.75 Å². The molecule has 2 nitrogen and oxygen atoms in total. The maximum atomic E-state index is 13.4. The van der Waals surface area contributed by atoms with Gasteiger partial charge in [0.05, 0.1) is 11.7 Å². The second kappa shape index (κ2) is 5.80. The van der Waals surface area contributed by atoms with Gasteiger partial charge < -0.3 is 9.84 Å². The molecule has 0 saturated carbocycles. The van der Waals surface area contributed by atoms with Crippen LogP contribution < -0.4 is 4.74 Å². The number of benzene rings is 2. The van der Waals surface area contributed by atoms with Crippen molar-refractivity contribution in [3.63, 3.8) is 0 Å². The van der Waals surface area contributed by atoms with E-state index in [1.165, 1.54) is 18.2 Å². The lowest BCUT2D eigenvalue weighted by atomic mass is 10.1. The predicted octanol–water partition coefficient (Wildman–Crippen LogP) is 3.60. The molecule has 2 aromatic rings. The Bertz CT molecular complexity index is 548. The molecule has 2 aromatic carbocycles. The van der Waals surface area contributed by atoms with Gasteiger partial charge in [0.2, 0.25) is 0 Å². The molecular formula is C15H14F2O2. The van der Waals surface area contributed by atoms with Gasteiger partial charge in [0.25, 0.3) is 0 Å². The fraction of sp³-hybridized carbons (Fsp3) is 0.200. The molecule has 0 aliphatic heterocycles. The van der Waals surface area contributed by atoms with E-state index in [1.54, 1.807) is 31.2 Å². The van der Waals surface area contributed by atoms with Crippen molar-refractivity contribution in [3.8, 4) is 5.75 Å². The van der Waals surface area contributed by atoms with E-state index in [1.807, 2.05) is 0 Å². The van der Waals surface area contributed by atoms with Gasteiger partial charge >= 0.3 is 0 Å². The van der Waals surface area contributed by atoms with Gasteiger partial charge in [-0.25, -0.2) is 8.78 Å². The monoisotopic (exact) mass is 264 g/mol. The van der Waals surface area contributed by atoms with Gasteiger partial charge in [0, 0.05) is 5.56 Å². The first kappa shape index (κ1) is 13.5. The third-order valence-corrected chi connectivity index (χ3v) is 2.80. The molecule has 0 heterocycles. The van der Waals surface area contributed by atoms with E-state index in [4.69, 9.17) is 4.74 Å². The van der Waals surface area contributed by atoms with Crippen LogP contribution in [-0.4, -0.2) is 5.11 Å². The summed E-state index contributed by atoms with van der Waals surface area (Å²) in [5, 5.41) is 9.58. The summed E-state index contributed by atoms with van der Waals surface area (Å²) in [4.78, 5) is 0. The van der Waals surface area contributed by atoms with Gasteiger partial charge in [-0.15, -0.1) is 0 Å². The first-order chi connectivity index (χ1) is 9.09. The first-order valence-electron chi connectivity index (χ1n) is 5.92. The molecule has 2 rings (SSSR count). The summed E-state index contributed by atoms with van der Waals surface area (Å²) < 4.78 is 32.3. The van der Waals surface area contributed by atoms with Crippen molar-refractivity contribution < 1.29 is 18.6 Å². The molecule has 1 N–H and O–H groups in total. The molecule has 0 fully saturated rings. The zero-order valence-corrected chi connectivity index (χ0v) is 10.4. The summed E-state index contributed by atoms with van der Waals surface area (Å²) >= 11 is 0. The van der Waals surface area contributed by atoms with E-state index in [-0.39, 0.29) is 12.2 Å². The van der Waals surface area contributed by atoms with Crippen LogP contribution in [0.1, 0.15) is 24.2 Å². The normalized spacial score (nSPS) is 12.2. The minimum Gasteiger partial charge on any atom is -0.488 e. The van der Waals surface area contributed by atoms with Crippen molar-refractivity contribution in [1.29, 1.82) is 0 Å². The Morgan fingerprint density at radius 3 is 2.32 bits per heavy atom. The number of para-hydroxylation sites is 1. The van der Waals surface area contributed by atoms with E-state index in [0.717, 1.165) is 0 Å². The maximum Gasteiger partial charge on any atom is 0.132 e. The molecule has 0 bridgehead atoms. The van der Waals surface area contributed by atoms with Crippen molar-refractivity contribution in [2.75, 3.05) is 0 Å². The van der Waals surface area contributed by atoms with Crippen LogP contribution in [0.25, 0.3) is 0 Å². The Kier molecular flexibility index (Phi) is 4.12. The van der Waals surface area contributed by atoms with Crippen LogP contribution in [-0.2, 0) is 6.61 Å². The Labute approximate surface area is 110 Å². The average molecular weight is 264 g/mol. The molecule has 0 amide bonds. The van der Waals surface area contributed by atoms with Crippen LogP contribution >= 0.6 is 0 Å². The number of rotatable bonds is 4. The highest BCUT2D eigenvalue weighted by Gasteiger charge is 2.12. The molecule has 0 aliphatic rings. The molecule has 19 heavy (non-hydrogen) atoms. The standard InChI is InChI=1S/C15H14F2O2/c1-10(18)11-5-2-3-8-15(11)19-9-12-13(16)6-4-7-14(12)17/h2-8,10,18H,9H2,1H3/t10-/m0/s1. The van der Waals surface area contributed by atoms with Crippen molar-refractivity contribution >= 4 is 0 Å². The molecule has 4 heteroatoms. The molecule has 0 unspecified atom stereocenters. The molecule has 100 valence electrons. The fourth-order valence-electron chi connectivity index (χ4n) is 1.78. The smallest absolute Gasteiger partial charge is 0.132 e. The fourth-order valence-corrected chi connectivity index (χ4v) is 1.78. The average Bonchev–Trinajstić information content (AvgIpc) is 2.38. The zero-order valence-electron chi connectivity index (χ0n) is 10.4. The van der Waals surface area contributed by atoms with E-state index in [9.17, 15) is 13.9 Å². The molecule has 0 radical (unpaired) electrons. The van der Waals surface area contributed by atoms with Crippen LogP contribution in [0.2, 0.25) is 0 Å². The molecule has 0 aromatic heterocycles. The number of aliphatic hydroxyl groups excluding tert-OH is 1. The minimum absolute atomic E-state index is 0.122. The SMILES string of the molecule is C[C@H](O)c1ccccc1OCc1c(F)cccc1F. The second-order valence-electron chi connectivity index (χ2n) is 4.20. The number of halogens is 2. The Morgan fingerprint density at radius 2 is 1.68 bits per heavy atom. The van der Waals surface area contributed by atoms with Gasteiger partial charge in [-0.3, -0.25) is 0 Å². The van der Waals surface area contributed by atoms with Gasteiger partial charge in [-0.1, -0.05) is 24.3 Å². The van der Waals surface area contributed by atoms with Gasteiger partial charge in [0.1, 0.15) is 24.0 Å².